The fraction of sp³-hybridized carbons (Fsp3) is 0.667. The van der Waals surface area contributed by atoms with Crippen LogP contribution in [0.3, 0.4) is 0 Å². The van der Waals surface area contributed by atoms with Crippen LogP contribution in [0.5, 0.6) is 0 Å². The van der Waals surface area contributed by atoms with E-state index in [-0.39, 0.29) is 0 Å². The largest absolute Gasteiger partial charge is 0.336 e. The highest BCUT2D eigenvalue weighted by molar-refractivity contribution is 5.04. The third kappa shape index (κ3) is 1.85. The molecule has 0 spiro atoms. The fourth-order valence-corrected chi connectivity index (χ4v) is 1.41. The second-order valence-corrected chi connectivity index (χ2v) is 2.95. The molecule has 0 fully saturated rings. The zero-order valence-electron chi connectivity index (χ0n) is 8.04. The lowest BCUT2D eigenvalue weighted by Crippen LogP contribution is -2.21. The number of imidazole rings is 1. The Morgan fingerprint density at radius 3 is 2.75 bits per heavy atom. The van der Waals surface area contributed by atoms with E-state index in [0.717, 1.165) is 13.0 Å². The van der Waals surface area contributed by atoms with E-state index in [2.05, 4.69) is 28.7 Å². The van der Waals surface area contributed by atoms with E-state index in [4.69, 9.17) is 0 Å². The quantitative estimate of drug-likeness (QED) is 0.736. The van der Waals surface area contributed by atoms with E-state index < -0.39 is 0 Å². The normalized spacial score (nSPS) is 13.2. The van der Waals surface area contributed by atoms with E-state index in [9.17, 15) is 0 Å². The summed E-state index contributed by atoms with van der Waals surface area (Å²) in [6, 6.07) is 0.447. The third-order valence-electron chi connectivity index (χ3n) is 2.07. The minimum absolute atomic E-state index is 0.447. The predicted molar refractivity (Wildman–Crippen MR) is 49.9 cm³/mol. The van der Waals surface area contributed by atoms with E-state index in [1.807, 2.05) is 19.6 Å². The third-order valence-corrected chi connectivity index (χ3v) is 2.07. The zero-order chi connectivity index (χ0) is 8.97. The molecule has 3 nitrogen and oxygen atoms in total. The van der Waals surface area contributed by atoms with Crippen LogP contribution in [0, 0.1) is 0 Å². The van der Waals surface area contributed by atoms with Gasteiger partial charge in [-0.2, -0.15) is 0 Å². The lowest BCUT2D eigenvalue weighted by Gasteiger charge is -2.15. The average Bonchev–Trinajstić information content (AvgIpc) is 2.47. The Labute approximate surface area is 73.8 Å². The van der Waals surface area contributed by atoms with E-state index in [1.165, 1.54) is 5.69 Å². The van der Waals surface area contributed by atoms with Crippen molar-refractivity contribution in [3.63, 3.8) is 0 Å². The van der Waals surface area contributed by atoms with Gasteiger partial charge in [-0.15, -0.1) is 0 Å². The Bertz CT molecular complexity index is 229. The molecule has 1 rings (SSSR count). The van der Waals surface area contributed by atoms with Crippen LogP contribution < -0.4 is 5.32 Å². The highest BCUT2D eigenvalue weighted by Gasteiger charge is 2.10. The van der Waals surface area contributed by atoms with Gasteiger partial charge in [0.15, 0.2) is 0 Å². The van der Waals surface area contributed by atoms with Crippen LogP contribution in [0.1, 0.15) is 32.0 Å². The van der Waals surface area contributed by atoms with Crippen molar-refractivity contribution in [2.45, 2.75) is 26.3 Å². The first kappa shape index (κ1) is 9.26. The number of aromatic nitrogens is 2. The summed E-state index contributed by atoms with van der Waals surface area (Å²) < 4.78 is 2.07. The molecule has 0 radical (unpaired) electrons. The Morgan fingerprint density at radius 2 is 2.33 bits per heavy atom. The second-order valence-electron chi connectivity index (χ2n) is 2.95. The number of nitrogens with zero attached hydrogens (tertiary/aromatic N) is 2. The molecule has 1 atom stereocenters. The molecular formula is C9H17N3. The Balaban J connectivity index is 2.72. The minimum atomic E-state index is 0.447. The first-order chi connectivity index (χ1) is 5.79. The minimum Gasteiger partial charge on any atom is -0.336 e. The number of hydrogen-bond donors (Lipinski definition) is 1. The second kappa shape index (κ2) is 4.26. The van der Waals surface area contributed by atoms with Crippen LogP contribution in [0.25, 0.3) is 0 Å². The Kier molecular flexibility index (Phi) is 3.29. The molecule has 0 aromatic carbocycles. The van der Waals surface area contributed by atoms with Gasteiger partial charge in [-0.1, -0.05) is 13.8 Å². The molecule has 1 N–H and O–H groups in total. The van der Waals surface area contributed by atoms with Crippen LogP contribution in [-0.2, 0) is 7.05 Å². The van der Waals surface area contributed by atoms with Gasteiger partial charge >= 0.3 is 0 Å². The summed E-state index contributed by atoms with van der Waals surface area (Å²) in [6.07, 6.45) is 4.87. The molecule has 0 bridgehead atoms. The average molecular weight is 167 g/mol. The Hall–Kier alpha value is -0.830. The molecule has 12 heavy (non-hydrogen) atoms. The molecule has 1 aromatic heterocycles. The van der Waals surface area contributed by atoms with E-state index >= 15 is 0 Å². The summed E-state index contributed by atoms with van der Waals surface area (Å²) in [7, 11) is 2.03. The van der Waals surface area contributed by atoms with Crippen LogP contribution in [0.15, 0.2) is 12.5 Å². The van der Waals surface area contributed by atoms with Gasteiger partial charge in [0.05, 0.1) is 12.0 Å². The van der Waals surface area contributed by atoms with Gasteiger partial charge < -0.3 is 9.88 Å². The summed E-state index contributed by atoms with van der Waals surface area (Å²) in [6.45, 7) is 5.31. The first-order valence-electron chi connectivity index (χ1n) is 4.49. The first-order valence-corrected chi connectivity index (χ1v) is 4.49. The van der Waals surface area contributed by atoms with E-state index in [1.54, 1.807) is 0 Å². The molecule has 1 heterocycles. The Morgan fingerprint density at radius 1 is 1.58 bits per heavy atom. The van der Waals surface area contributed by atoms with Gasteiger partial charge in [0.1, 0.15) is 0 Å². The number of rotatable bonds is 4. The topological polar surface area (TPSA) is 29.9 Å². The van der Waals surface area contributed by atoms with Crippen molar-refractivity contribution in [2.24, 2.45) is 7.05 Å². The molecule has 0 saturated carbocycles. The highest BCUT2D eigenvalue weighted by Crippen LogP contribution is 2.14. The summed E-state index contributed by atoms with van der Waals surface area (Å²) in [5, 5.41) is 3.41. The molecule has 1 aromatic rings. The maximum Gasteiger partial charge on any atom is 0.0946 e. The molecule has 0 amide bonds. The molecule has 3 heteroatoms. The van der Waals surface area contributed by atoms with Gasteiger partial charge in [0.2, 0.25) is 0 Å². The molecular weight excluding hydrogens is 150 g/mol. The molecule has 1 unspecified atom stereocenters. The summed E-state index contributed by atoms with van der Waals surface area (Å²) in [5.74, 6) is 0. The van der Waals surface area contributed by atoms with Crippen molar-refractivity contribution in [2.75, 3.05) is 6.54 Å². The fourth-order valence-electron chi connectivity index (χ4n) is 1.41. The van der Waals surface area contributed by atoms with Gasteiger partial charge in [-0.25, -0.2) is 4.98 Å². The molecule has 68 valence electrons. The zero-order valence-corrected chi connectivity index (χ0v) is 8.04. The van der Waals surface area contributed by atoms with Gasteiger partial charge in [-0.05, 0) is 13.0 Å². The van der Waals surface area contributed by atoms with Gasteiger partial charge in [0.25, 0.3) is 0 Å². The highest BCUT2D eigenvalue weighted by atomic mass is 15.1. The number of nitrogens with one attached hydrogen (secondary N) is 1. The van der Waals surface area contributed by atoms with Crippen LogP contribution in [0.2, 0.25) is 0 Å². The van der Waals surface area contributed by atoms with Crippen molar-refractivity contribution in [3.8, 4) is 0 Å². The standard InChI is InChI=1S/C9H17N3/c1-4-8(11-5-2)9-6-10-7-12(9)3/h6-8,11H,4-5H2,1-3H3. The molecule has 0 saturated heterocycles. The maximum atomic E-state index is 4.10. The predicted octanol–water partition coefficient (Wildman–Crippen LogP) is 1.48. The van der Waals surface area contributed by atoms with Crippen molar-refractivity contribution in [1.29, 1.82) is 0 Å². The van der Waals surface area contributed by atoms with Crippen molar-refractivity contribution in [3.05, 3.63) is 18.2 Å². The molecule has 0 aliphatic heterocycles. The van der Waals surface area contributed by atoms with Crippen molar-refractivity contribution < 1.29 is 0 Å². The molecule has 0 aliphatic carbocycles. The van der Waals surface area contributed by atoms with E-state index in [0.29, 0.717) is 6.04 Å². The SMILES string of the molecule is CCNC(CC)c1cncn1C. The number of hydrogen-bond acceptors (Lipinski definition) is 2. The van der Waals surface area contributed by atoms with Crippen LogP contribution >= 0.6 is 0 Å². The summed E-state index contributed by atoms with van der Waals surface area (Å²) >= 11 is 0. The molecule has 0 aliphatic rings. The summed E-state index contributed by atoms with van der Waals surface area (Å²) in [5.41, 5.74) is 1.26. The monoisotopic (exact) mass is 167 g/mol. The summed E-state index contributed by atoms with van der Waals surface area (Å²) in [4.78, 5) is 4.10. The maximum absolute atomic E-state index is 4.10. The number of aryl methyl sites for hydroxylation is 1. The smallest absolute Gasteiger partial charge is 0.0946 e. The van der Waals surface area contributed by atoms with Gasteiger partial charge in [-0.3, -0.25) is 0 Å². The lowest BCUT2D eigenvalue weighted by molar-refractivity contribution is 0.509. The van der Waals surface area contributed by atoms with Gasteiger partial charge in [0, 0.05) is 19.3 Å². The van der Waals surface area contributed by atoms with Crippen molar-refractivity contribution in [1.82, 2.24) is 14.9 Å². The van der Waals surface area contributed by atoms with Crippen LogP contribution in [0.4, 0.5) is 0 Å². The lowest BCUT2D eigenvalue weighted by atomic mass is 10.1. The van der Waals surface area contributed by atoms with Crippen LogP contribution in [-0.4, -0.2) is 16.1 Å². The van der Waals surface area contributed by atoms with Crippen molar-refractivity contribution >= 4 is 0 Å².